The van der Waals surface area contributed by atoms with Crippen LogP contribution in [-0.2, 0) is 10.5 Å². The molecule has 1 amide bonds. The largest absolute Gasteiger partial charge is 0.355 e. The number of amides is 1. The average Bonchev–Trinajstić information content (AvgIpc) is 2.48. The molecule has 0 bridgehead atoms. The van der Waals surface area contributed by atoms with Crippen LogP contribution in [0.15, 0.2) is 36.4 Å². The molecule has 20 heavy (non-hydrogen) atoms. The fourth-order valence-corrected chi connectivity index (χ4v) is 3.14. The third kappa shape index (κ3) is 5.59. The Hall–Kier alpha value is -0.930. The van der Waals surface area contributed by atoms with Crippen LogP contribution in [0.25, 0.3) is 0 Å². The molecule has 0 heterocycles. The van der Waals surface area contributed by atoms with E-state index < -0.39 is 0 Å². The summed E-state index contributed by atoms with van der Waals surface area (Å²) >= 11 is 7.47. The Morgan fingerprint density at radius 3 is 2.80 bits per heavy atom. The van der Waals surface area contributed by atoms with Crippen molar-refractivity contribution in [1.29, 1.82) is 0 Å². The third-order valence-electron chi connectivity index (χ3n) is 3.38. The zero-order valence-corrected chi connectivity index (χ0v) is 13.1. The molecular formula is C16H20ClNOS. The molecule has 2 rings (SSSR count). The predicted molar refractivity (Wildman–Crippen MR) is 87.1 cm³/mol. The highest BCUT2D eigenvalue weighted by Gasteiger charge is 2.11. The normalized spacial score (nSPS) is 17.9. The lowest BCUT2D eigenvalue weighted by Crippen LogP contribution is -2.31. The van der Waals surface area contributed by atoms with Gasteiger partial charge >= 0.3 is 0 Å². The van der Waals surface area contributed by atoms with Gasteiger partial charge < -0.3 is 5.32 Å². The van der Waals surface area contributed by atoms with E-state index in [0.29, 0.717) is 11.7 Å². The van der Waals surface area contributed by atoms with Crippen LogP contribution in [0.2, 0.25) is 5.02 Å². The zero-order valence-electron chi connectivity index (χ0n) is 11.5. The Kier molecular flexibility index (Phi) is 6.48. The van der Waals surface area contributed by atoms with E-state index in [-0.39, 0.29) is 5.91 Å². The van der Waals surface area contributed by atoms with Gasteiger partial charge in [-0.1, -0.05) is 35.9 Å². The van der Waals surface area contributed by atoms with Crippen molar-refractivity contribution in [1.82, 2.24) is 5.32 Å². The highest BCUT2D eigenvalue weighted by atomic mass is 35.5. The van der Waals surface area contributed by atoms with E-state index in [0.717, 1.165) is 30.2 Å². The maximum atomic E-state index is 11.8. The second-order valence-electron chi connectivity index (χ2n) is 5.07. The molecule has 108 valence electrons. The number of carbonyl (C=O) groups is 1. The maximum absolute atomic E-state index is 11.8. The molecule has 4 heteroatoms. The SMILES string of the molecule is O=C(CSCc1ccc(Cl)cc1)NC[C@H]1CC=CCC1. The van der Waals surface area contributed by atoms with E-state index in [1.807, 2.05) is 24.3 Å². The molecule has 0 radical (unpaired) electrons. The summed E-state index contributed by atoms with van der Waals surface area (Å²) < 4.78 is 0. The van der Waals surface area contributed by atoms with Gasteiger partial charge in [-0.05, 0) is 42.9 Å². The lowest BCUT2D eigenvalue weighted by Gasteiger charge is -2.17. The summed E-state index contributed by atoms with van der Waals surface area (Å²) in [6.45, 7) is 0.810. The van der Waals surface area contributed by atoms with Gasteiger partial charge in [0, 0.05) is 17.3 Å². The Balaban J connectivity index is 1.60. The molecule has 0 fully saturated rings. The van der Waals surface area contributed by atoms with E-state index in [9.17, 15) is 4.79 Å². The molecule has 1 N–H and O–H groups in total. The van der Waals surface area contributed by atoms with E-state index in [1.165, 1.54) is 12.0 Å². The van der Waals surface area contributed by atoms with Crippen molar-refractivity contribution in [2.45, 2.75) is 25.0 Å². The third-order valence-corrected chi connectivity index (χ3v) is 4.64. The number of hydrogen-bond donors (Lipinski definition) is 1. The minimum absolute atomic E-state index is 0.138. The van der Waals surface area contributed by atoms with Crippen LogP contribution >= 0.6 is 23.4 Å². The Labute approximate surface area is 130 Å². The van der Waals surface area contributed by atoms with Crippen molar-refractivity contribution in [3.63, 3.8) is 0 Å². The van der Waals surface area contributed by atoms with Crippen molar-refractivity contribution in [3.8, 4) is 0 Å². The first-order valence-electron chi connectivity index (χ1n) is 6.98. The van der Waals surface area contributed by atoms with Gasteiger partial charge in [0.05, 0.1) is 5.75 Å². The van der Waals surface area contributed by atoms with Crippen LogP contribution < -0.4 is 5.32 Å². The first-order valence-corrected chi connectivity index (χ1v) is 8.51. The number of rotatable bonds is 6. The monoisotopic (exact) mass is 309 g/mol. The molecule has 2 nitrogen and oxygen atoms in total. The van der Waals surface area contributed by atoms with E-state index in [2.05, 4.69) is 17.5 Å². The van der Waals surface area contributed by atoms with Gasteiger partial charge in [0.15, 0.2) is 0 Å². The number of benzene rings is 1. The Morgan fingerprint density at radius 1 is 1.30 bits per heavy atom. The van der Waals surface area contributed by atoms with Gasteiger partial charge in [-0.2, -0.15) is 0 Å². The van der Waals surface area contributed by atoms with Gasteiger partial charge in [-0.3, -0.25) is 4.79 Å². The molecule has 0 unspecified atom stereocenters. The van der Waals surface area contributed by atoms with E-state index >= 15 is 0 Å². The second-order valence-corrected chi connectivity index (χ2v) is 6.50. The van der Waals surface area contributed by atoms with Gasteiger partial charge in [-0.15, -0.1) is 11.8 Å². The maximum Gasteiger partial charge on any atom is 0.230 e. The lowest BCUT2D eigenvalue weighted by molar-refractivity contribution is -0.118. The number of halogens is 1. The van der Waals surface area contributed by atoms with Crippen LogP contribution in [-0.4, -0.2) is 18.2 Å². The van der Waals surface area contributed by atoms with Crippen LogP contribution in [0, 0.1) is 5.92 Å². The van der Waals surface area contributed by atoms with Gasteiger partial charge in [0.2, 0.25) is 5.91 Å². The summed E-state index contributed by atoms with van der Waals surface area (Å²) in [5, 5.41) is 3.78. The fraction of sp³-hybridized carbons (Fsp3) is 0.438. The number of nitrogens with one attached hydrogen (secondary N) is 1. The molecule has 0 aromatic heterocycles. The number of thioether (sulfide) groups is 1. The van der Waals surface area contributed by atoms with E-state index in [1.54, 1.807) is 11.8 Å². The van der Waals surface area contributed by atoms with Crippen LogP contribution in [0.1, 0.15) is 24.8 Å². The fourth-order valence-electron chi connectivity index (χ4n) is 2.19. The minimum atomic E-state index is 0.138. The smallest absolute Gasteiger partial charge is 0.230 e. The Bertz CT molecular complexity index is 458. The van der Waals surface area contributed by atoms with Crippen molar-refractivity contribution in [2.75, 3.05) is 12.3 Å². The van der Waals surface area contributed by atoms with Crippen LogP contribution in [0.3, 0.4) is 0 Å². The van der Waals surface area contributed by atoms with Gasteiger partial charge in [0.1, 0.15) is 0 Å². The highest BCUT2D eigenvalue weighted by molar-refractivity contribution is 7.99. The average molecular weight is 310 g/mol. The molecule has 1 atom stereocenters. The molecule has 0 saturated heterocycles. The summed E-state index contributed by atoms with van der Waals surface area (Å²) in [7, 11) is 0. The first-order chi connectivity index (χ1) is 9.74. The van der Waals surface area contributed by atoms with Crippen molar-refractivity contribution < 1.29 is 4.79 Å². The summed E-state index contributed by atoms with van der Waals surface area (Å²) in [5.41, 5.74) is 1.20. The van der Waals surface area contributed by atoms with E-state index in [4.69, 9.17) is 11.6 Å². The molecule has 0 spiro atoms. The van der Waals surface area contributed by atoms with Crippen molar-refractivity contribution >= 4 is 29.3 Å². The predicted octanol–water partition coefficient (Wildman–Crippen LogP) is 4.05. The summed E-state index contributed by atoms with van der Waals surface area (Å²) in [5.74, 6) is 2.12. The quantitative estimate of drug-likeness (QED) is 0.803. The molecule has 1 aromatic carbocycles. The number of hydrogen-bond acceptors (Lipinski definition) is 2. The second kappa shape index (κ2) is 8.38. The minimum Gasteiger partial charge on any atom is -0.355 e. The molecule has 1 aliphatic rings. The van der Waals surface area contributed by atoms with Gasteiger partial charge in [-0.25, -0.2) is 0 Å². The summed E-state index contributed by atoms with van der Waals surface area (Å²) in [6.07, 6.45) is 7.87. The first kappa shape index (κ1) is 15.5. The van der Waals surface area contributed by atoms with Crippen LogP contribution in [0.5, 0.6) is 0 Å². The standard InChI is InChI=1S/C16H20ClNOS/c17-15-8-6-14(7-9-15)11-20-12-16(19)18-10-13-4-2-1-3-5-13/h1-2,6-9,13H,3-5,10-12H2,(H,18,19)/t13-/m0/s1. The molecule has 0 aliphatic heterocycles. The molecule has 1 aromatic rings. The molecular weight excluding hydrogens is 290 g/mol. The number of allylic oxidation sites excluding steroid dienone is 2. The highest BCUT2D eigenvalue weighted by Crippen LogP contribution is 2.17. The van der Waals surface area contributed by atoms with Gasteiger partial charge in [0.25, 0.3) is 0 Å². The summed E-state index contributed by atoms with van der Waals surface area (Å²) in [4.78, 5) is 11.8. The van der Waals surface area contributed by atoms with Crippen molar-refractivity contribution in [3.05, 3.63) is 47.0 Å². The topological polar surface area (TPSA) is 29.1 Å². The molecule has 0 saturated carbocycles. The number of carbonyl (C=O) groups excluding carboxylic acids is 1. The lowest BCUT2D eigenvalue weighted by atomic mass is 9.94. The summed E-state index contributed by atoms with van der Waals surface area (Å²) in [6, 6.07) is 7.77. The van der Waals surface area contributed by atoms with Crippen molar-refractivity contribution in [2.24, 2.45) is 5.92 Å². The van der Waals surface area contributed by atoms with Crippen LogP contribution in [0.4, 0.5) is 0 Å². The Morgan fingerprint density at radius 2 is 2.10 bits per heavy atom. The molecule has 1 aliphatic carbocycles. The zero-order chi connectivity index (χ0) is 14.2.